The van der Waals surface area contributed by atoms with Crippen LogP contribution < -0.4 is 5.32 Å². The van der Waals surface area contributed by atoms with Crippen molar-refractivity contribution in [1.82, 2.24) is 10.1 Å². The van der Waals surface area contributed by atoms with Crippen molar-refractivity contribution in [1.29, 1.82) is 0 Å². The molecule has 0 aliphatic carbocycles. The van der Waals surface area contributed by atoms with Crippen LogP contribution in [0.4, 0.5) is 5.82 Å². The van der Waals surface area contributed by atoms with Gasteiger partial charge in [-0.2, -0.15) is 0 Å². The molecule has 1 aromatic heterocycles. The summed E-state index contributed by atoms with van der Waals surface area (Å²) in [4.78, 5) is 25.1. The predicted molar refractivity (Wildman–Crippen MR) is 66.9 cm³/mol. The molecule has 18 heavy (non-hydrogen) atoms. The van der Waals surface area contributed by atoms with Gasteiger partial charge in [-0.25, -0.2) is 0 Å². The van der Waals surface area contributed by atoms with Crippen LogP contribution in [0.5, 0.6) is 0 Å². The molecule has 1 atom stereocenters. The first-order chi connectivity index (χ1) is 8.58. The lowest BCUT2D eigenvalue weighted by molar-refractivity contribution is -0.136. The summed E-state index contributed by atoms with van der Waals surface area (Å²) in [6, 6.07) is 1.59. The molecule has 0 aliphatic rings. The second-order valence-corrected chi connectivity index (χ2v) is 4.07. The molecular weight excluding hydrogens is 234 g/mol. The second kappa shape index (κ2) is 6.78. The minimum absolute atomic E-state index is 0.0281. The standard InChI is InChI=1S/C12H19N3O3/c1-4-9(3)15(12(17)5-2)8-11(16)13-10-6-7-18-14-10/h6-7,9H,4-5,8H2,1-3H3,(H,13,14,16). The number of aromatic nitrogens is 1. The quantitative estimate of drug-likeness (QED) is 0.836. The fraction of sp³-hybridized carbons (Fsp3) is 0.583. The van der Waals surface area contributed by atoms with Crippen LogP contribution in [0.3, 0.4) is 0 Å². The third kappa shape index (κ3) is 3.87. The largest absolute Gasteiger partial charge is 0.363 e. The number of hydrogen-bond donors (Lipinski definition) is 1. The lowest BCUT2D eigenvalue weighted by Gasteiger charge is -2.27. The van der Waals surface area contributed by atoms with Gasteiger partial charge in [0.1, 0.15) is 12.8 Å². The Labute approximate surface area is 106 Å². The van der Waals surface area contributed by atoms with Gasteiger partial charge in [0.2, 0.25) is 11.8 Å². The van der Waals surface area contributed by atoms with Crippen molar-refractivity contribution in [3.63, 3.8) is 0 Å². The van der Waals surface area contributed by atoms with Gasteiger partial charge in [0.15, 0.2) is 5.82 Å². The Morgan fingerprint density at radius 3 is 2.72 bits per heavy atom. The lowest BCUT2D eigenvalue weighted by Crippen LogP contribution is -2.43. The fourth-order valence-corrected chi connectivity index (χ4v) is 1.53. The van der Waals surface area contributed by atoms with Crippen LogP contribution >= 0.6 is 0 Å². The number of rotatable bonds is 6. The molecule has 0 fully saturated rings. The molecule has 1 rings (SSSR count). The molecule has 0 aromatic carbocycles. The highest BCUT2D eigenvalue weighted by Gasteiger charge is 2.20. The highest BCUT2D eigenvalue weighted by molar-refractivity contribution is 5.93. The van der Waals surface area contributed by atoms with Crippen molar-refractivity contribution in [2.45, 2.75) is 39.7 Å². The average molecular weight is 253 g/mol. The van der Waals surface area contributed by atoms with Crippen molar-refractivity contribution in [2.75, 3.05) is 11.9 Å². The summed E-state index contributed by atoms with van der Waals surface area (Å²) in [6.07, 6.45) is 2.57. The predicted octanol–water partition coefficient (Wildman–Crippen LogP) is 1.65. The molecule has 1 heterocycles. The Morgan fingerprint density at radius 1 is 1.50 bits per heavy atom. The number of nitrogens with zero attached hydrogens (tertiary/aromatic N) is 2. The highest BCUT2D eigenvalue weighted by Crippen LogP contribution is 2.07. The van der Waals surface area contributed by atoms with E-state index in [-0.39, 0.29) is 24.4 Å². The van der Waals surface area contributed by atoms with E-state index in [1.165, 1.54) is 6.26 Å². The molecule has 6 heteroatoms. The van der Waals surface area contributed by atoms with Crippen LogP contribution in [0.2, 0.25) is 0 Å². The highest BCUT2D eigenvalue weighted by atomic mass is 16.5. The van der Waals surface area contributed by atoms with Gasteiger partial charge >= 0.3 is 0 Å². The molecule has 0 saturated carbocycles. The van der Waals surface area contributed by atoms with Crippen LogP contribution in [-0.4, -0.2) is 34.5 Å². The molecule has 2 amide bonds. The van der Waals surface area contributed by atoms with Gasteiger partial charge in [-0.1, -0.05) is 19.0 Å². The monoisotopic (exact) mass is 253 g/mol. The molecule has 1 N–H and O–H groups in total. The van der Waals surface area contributed by atoms with E-state index in [2.05, 4.69) is 15.0 Å². The summed E-state index contributed by atoms with van der Waals surface area (Å²) in [5.74, 6) is 0.0544. The van der Waals surface area contributed by atoms with Gasteiger partial charge in [0.25, 0.3) is 0 Å². The summed E-state index contributed by atoms with van der Waals surface area (Å²) >= 11 is 0. The Kier molecular flexibility index (Phi) is 5.35. The Bertz CT molecular complexity index is 389. The number of carbonyl (C=O) groups is 2. The SMILES string of the molecule is CCC(=O)N(CC(=O)Nc1ccon1)C(C)CC. The van der Waals surface area contributed by atoms with Crippen LogP contribution in [0.25, 0.3) is 0 Å². The lowest BCUT2D eigenvalue weighted by atomic mass is 10.2. The summed E-state index contributed by atoms with van der Waals surface area (Å²) in [5, 5.41) is 6.16. The summed E-state index contributed by atoms with van der Waals surface area (Å²) in [7, 11) is 0. The normalized spacial score (nSPS) is 11.9. The average Bonchev–Trinajstić information content (AvgIpc) is 2.86. The zero-order valence-electron chi connectivity index (χ0n) is 11.0. The fourth-order valence-electron chi connectivity index (χ4n) is 1.53. The summed E-state index contributed by atoms with van der Waals surface area (Å²) in [5.41, 5.74) is 0. The maximum atomic E-state index is 11.8. The van der Waals surface area contributed by atoms with E-state index in [9.17, 15) is 9.59 Å². The second-order valence-electron chi connectivity index (χ2n) is 4.07. The van der Waals surface area contributed by atoms with E-state index in [0.717, 1.165) is 6.42 Å². The molecule has 100 valence electrons. The Morgan fingerprint density at radius 2 is 2.22 bits per heavy atom. The van der Waals surface area contributed by atoms with Gasteiger partial charge in [0, 0.05) is 18.5 Å². The van der Waals surface area contributed by atoms with Gasteiger partial charge in [0.05, 0.1) is 0 Å². The van der Waals surface area contributed by atoms with Crippen molar-refractivity contribution < 1.29 is 14.1 Å². The van der Waals surface area contributed by atoms with Crippen LogP contribution in [0.15, 0.2) is 16.9 Å². The van der Waals surface area contributed by atoms with E-state index in [1.54, 1.807) is 17.9 Å². The van der Waals surface area contributed by atoms with Gasteiger partial charge in [-0.3, -0.25) is 9.59 Å². The number of nitrogens with one attached hydrogen (secondary N) is 1. The zero-order valence-corrected chi connectivity index (χ0v) is 11.0. The van der Waals surface area contributed by atoms with E-state index >= 15 is 0 Å². The third-order valence-corrected chi connectivity index (χ3v) is 2.76. The van der Waals surface area contributed by atoms with E-state index in [4.69, 9.17) is 0 Å². The smallest absolute Gasteiger partial charge is 0.245 e. The maximum absolute atomic E-state index is 11.8. The summed E-state index contributed by atoms with van der Waals surface area (Å²) < 4.78 is 4.61. The van der Waals surface area contributed by atoms with Gasteiger partial charge < -0.3 is 14.7 Å². The maximum Gasteiger partial charge on any atom is 0.245 e. The molecular formula is C12H19N3O3. The van der Waals surface area contributed by atoms with E-state index in [1.807, 2.05) is 13.8 Å². The molecule has 0 bridgehead atoms. The minimum atomic E-state index is -0.272. The Balaban J connectivity index is 2.60. The zero-order chi connectivity index (χ0) is 13.5. The van der Waals surface area contributed by atoms with E-state index in [0.29, 0.717) is 12.2 Å². The van der Waals surface area contributed by atoms with Crippen molar-refractivity contribution >= 4 is 17.6 Å². The molecule has 1 unspecified atom stereocenters. The van der Waals surface area contributed by atoms with Gasteiger partial charge in [-0.15, -0.1) is 0 Å². The first-order valence-corrected chi connectivity index (χ1v) is 6.08. The molecule has 6 nitrogen and oxygen atoms in total. The minimum Gasteiger partial charge on any atom is -0.363 e. The van der Waals surface area contributed by atoms with Gasteiger partial charge in [-0.05, 0) is 13.3 Å². The number of amides is 2. The Hall–Kier alpha value is -1.85. The number of anilines is 1. The number of hydrogen-bond acceptors (Lipinski definition) is 4. The van der Waals surface area contributed by atoms with Crippen molar-refractivity contribution in [3.05, 3.63) is 12.3 Å². The number of carbonyl (C=O) groups excluding carboxylic acids is 2. The van der Waals surface area contributed by atoms with Crippen LogP contribution in [-0.2, 0) is 9.59 Å². The molecule has 0 saturated heterocycles. The first kappa shape index (κ1) is 14.2. The third-order valence-electron chi connectivity index (χ3n) is 2.76. The van der Waals surface area contributed by atoms with E-state index < -0.39 is 0 Å². The molecule has 0 radical (unpaired) electrons. The van der Waals surface area contributed by atoms with Crippen LogP contribution in [0, 0.1) is 0 Å². The molecule has 1 aromatic rings. The van der Waals surface area contributed by atoms with Crippen molar-refractivity contribution in [2.24, 2.45) is 0 Å². The van der Waals surface area contributed by atoms with Crippen molar-refractivity contribution in [3.8, 4) is 0 Å². The first-order valence-electron chi connectivity index (χ1n) is 6.08. The van der Waals surface area contributed by atoms with Crippen LogP contribution in [0.1, 0.15) is 33.6 Å². The topological polar surface area (TPSA) is 75.4 Å². The summed E-state index contributed by atoms with van der Waals surface area (Å²) in [6.45, 7) is 5.73. The molecule has 0 aliphatic heterocycles. The molecule has 0 spiro atoms.